The lowest BCUT2D eigenvalue weighted by atomic mass is 10.1. The van der Waals surface area contributed by atoms with Crippen molar-refractivity contribution in [1.82, 2.24) is 14.9 Å². The maximum atomic E-state index is 12.1. The molecular weight excluding hydrogens is 234 g/mol. The molecule has 0 saturated carbocycles. The summed E-state index contributed by atoms with van der Waals surface area (Å²) in [5.41, 5.74) is 2.68. The number of carbonyl (C=O) groups excluding carboxylic acids is 1. The second-order valence-electron chi connectivity index (χ2n) is 4.35. The first-order valence-electron chi connectivity index (χ1n) is 5.93. The normalized spacial score (nSPS) is 19.0. The zero-order valence-electron chi connectivity index (χ0n) is 10.0. The Kier molecular flexibility index (Phi) is 4.06. The molecule has 0 spiro atoms. The predicted molar refractivity (Wildman–Crippen MR) is 65.6 cm³/mol. The minimum atomic E-state index is -0.119. The van der Waals surface area contributed by atoms with Gasteiger partial charge in [-0.3, -0.25) is 4.79 Å². The monoisotopic (exact) mass is 251 g/mol. The van der Waals surface area contributed by atoms with Gasteiger partial charge in [-0.05, 0) is 18.8 Å². The number of likely N-dealkylation sites (tertiary alicyclic amines) is 1. The molecule has 98 valence electrons. The summed E-state index contributed by atoms with van der Waals surface area (Å²) in [7, 11) is 0. The Labute approximate surface area is 105 Å². The van der Waals surface area contributed by atoms with Gasteiger partial charge in [0.25, 0.3) is 5.91 Å². The fourth-order valence-electron chi connectivity index (χ4n) is 2.11. The van der Waals surface area contributed by atoms with Gasteiger partial charge >= 0.3 is 0 Å². The summed E-state index contributed by atoms with van der Waals surface area (Å²) in [5, 5.41) is 8.88. The highest BCUT2D eigenvalue weighted by Crippen LogP contribution is 2.20. The standard InChI is InChI=1S/C11H17N5O2/c12-15-10-6-13-9(5-14-10)11(18)16-3-1-8(7-16)2-4-17/h5-6,8,17H,1-4,7,12H2,(H,14,15). The lowest BCUT2D eigenvalue weighted by molar-refractivity contribution is 0.0778. The zero-order valence-corrected chi connectivity index (χ0v) is 10.0. The van der Waals surface area contributed by atoms with Gasteiger partial charge in [0.05, 0.1) is 12.4 Å². The molecule has 1 fully saturated rings. The van der Waals surface area contributed by atoms with Crippen molar-refractivity contribution >= 4 is 11.7 Å². The molecule has 0 aromatic carbocycles. The van der Waals surface area contributed by atoms with Gasteiger partial charge in [-0.1, -0.05) is 0 Å². The van der Waals surface area contributed by atoms with E-state index in [1.54, 1.807) is 4.90 Å². The first-order chi connectivity index (χ1) is 8.74. The average molecular weight is 251 g/mol. The van der Waals surface area contributed by atoms with Crippen molar-refractivity contribution in [3.8, 4) is 0 Å². The molecular formula is C11H17N5O2. The Morgan fingerprint density at radius 2 is 2.39 bits per heavy atom. The molecule has 1 saturated heterocycles. The number of anilines is 1. The molecule has 0 radical (unpaired) electrons. The number of hydrazine groups is 1. The van der Waals surface area contributed by atoms with Gasteiger partial charge in [-0.2, -0.15) is 0 Å². The number of nitrogens with two attached hydrogens (primary N) is 1. The molecule has 1 aromatic rings. The maximum Gasteiger partial charge on any atom is 0.274 e. The predicted octanol–water partition coefficient (Wildman–Crippen LogP) is -0.393. The Bertz CT molecular complexity index is 408. The first-order valence-corrected chi connectivity index (χ1v) is 5.93. The minimum absolute atomic E-state index is 0.119. The number of hydrogen-bond acceptors (Lipinski definition) is 6. The number of rotatable bonds is 4. The van der Waals surface area contributed by atoms with Crippen molar-refractivity contribution in [3.05, 3.63) is 18.1 Å². The summed E-state index contributed by atoms with van der Waals surface area (Å²) < 4.78 is 0. The maximum absolute atomic E-state index is 12.1. The third-order valence-corrected chi connectivity index (χ3v) is 3.13. The van der Waals surface area contributed by atoms with Gasteiger partial charge in [0.2, 0.25) is 0 Å². The Morgan fingerprint density at radius 1 is 1.56 bits per heavy atom. The van der Waals surface area contributed by atoms with E-state index in [2.05, 4.69) is 15.4 Å². The molecule has 0 aliphatic carbocycles. The fraction of sp³-hybridized carbons (Fsp3) is 0.545. The van der Waals surface area contributed by atoms with Crippen LogP contribution < -0.4 is 11.3 Å². The number of nitrogens with zero attached hydrogens (tertiary/aromatic N) is 3. The van der Waals surface area contributed by atoms with Crippen molar-refractivity contribution < 1.29 is 9.90 Å². The van der Waals surface area contributed by atoms with E-state index in [9.17, 15) is 4.79 Å². The summed E-state index contributed by atoms with van der Waals surface area (Å²) in [6, 6.07) is 0. The summed E-state index contributed by atoms with van der Waals surface area (Å²) in [4.78, 5) is 21.8. The number of aliphatic hydroxyl groups excluding tert-OH is 1. The van der Waals surface area contributed by atoms with Crippen LogP contribution in [0.5, 0.6) is 0 Å². The molecule has 4 N–H and O–H groups in total. The molecule has 1 atom stereocenters. The van der Waals surface area contributed by atoms with Crippen LogP contribution in [0.15, 0.2) is 12.4 Å². The van der Waals surface area contributed by atoms with Crippen LogP contribution in [-0.4, -0.2) is 45.6 Å². The summed E-state index contributed by atoms with van der Waals surface area (Å²) >= 11 is 0. The molecule has 1 aliphatic rings. The lowest BCUT2D eigenvalue weighted by Crippen LogP contribution is -2.29. The third-order valence-electron chi connectivity index (χ3n) is 3.13. The molecule has 1 amide bonds. The number of aromatic nitrogens is 2. The second-order valence-corrected chi connectivity index (χ2v) is 4.35. The fourth-order valence-corrected chi connectivity index (χ4v) is 2.11. The Hall–Kier alpha value is -1.73. The summed E-state index contributed by atoms with van der Waals surface area (Å²) in [6.07, 6.45) is 4.51. The molecule has 2 heterocycles. The van der Waals surface area contributed by atoms with Gasteiger partial charge in [0.15, 0.2) is 5.82 Å². The van der Waals surface area contributed by atoms with Crippen molar-refractivity contribution in [2.24, 2.45) is 11.8 Å². The molecule has 7 heteroatoms. The molecule has 1 aliphatic heterocycles. The highest BCUT2D eigenvalue weighted by atomic mass is 16.3. The Balaban J connectivity index is 1.98. The van der Waals surface area contributed by atoms with Crippen molar-refractivity contribution in [1.29, 1.82) is 0 Å². The van der Waals surface area contributed by atoms with Crippen molar-refractivity contribution in [3.63, 3.8) is 0 Å². The van der Waals surface area contributed by atoms with Crippen LogP contribution in [0.1, 0.15) is 23.3 Å². The number of nitrogen functional groups attached to an aromatic ring is 1. The first kappa shape index (κ1) is 12.7. The van der Waals surface area contributed by atoms with Crippen LogP contribution in [0.2, 0.25) is 0 Å². The van der Waals surface area contributed by atoms with Crippen LogP contribution in [0.3, 0.4) is 0 Å². The van der Waals surface area contributed by atoms with Crippen LogP contribution in [0.4, 0.5) is 5.82 Å². The molecule has 7 nitrogen and oxygen atoms in total. The van der Waals surface area contributed by atoms with E-state index in [4.69, 9.17) is 10.9 Å². The topological polar surface area (TPSA) is 104 Å². The number of carbonyl (C=O) groups is 1. The lowest BCUT2D eigenvalue weighted by Gasteiger charge is -2.15. The van der Waals surface area contributed by atoms with Gasteiger partial charge in [0, 0.05) is 19.7 Å². The van der Waals surface area contributed by atoms with Crippen LogP contribution in [0.25, 0.3) is 0 Å². The van der Waals surface area contributed by atoms with E-state index in [-0.39, 0.29) is 12.5 Å². The van der Waals surface area contributed by atoms with Gasteiger partial charge in [-0.15, -0.1) is 0 Å². The van der Waals surface area contributed by atoms with E-state index in [0.717, 1.165) is 12.8 Å². The SMILES string of the molecule is NNc1cnc(C(=O)N2CCC(CCO)C2)cn1. The molecule has 2 rings (SSSR count). The van der Waals surface area contributed by atoms with E-state index in [1.807, 2.05) is 0 Å². The van der Waals surface area contributed by atoms with Gasteiger partial charge in [-0.25, -0.2) is 15.8 Å². The number of hydrogen-bond donors (Lipinski definition) is 3. The number of nitrogens with one attached hydrogen (secondary N) is 1. The van der Waals surface area contributed by atoms with Crippen LogP contribution >= 0.6 is 0 Å². The van der Waals surface area contributed by atoms with E-state index in [0.29, 0.717) is 30.5 Å². The van der Waals surface area contributed by atoms with Crippen molar-refractivity contribution in [2.45, 2.75) is 12.8 Å². The molecule has 0 bridgehead atoms. The molecule has 1 aromatic heterocycles. The number of amides is 1. The number of aliphatic hydroxyl groups is 1. The summed E-state index contributed by atoms with van der Waals surface area (Å²) in [5.74, 6) is 5.87. The van der Waals surface area contributed by atoms with E-state index >= 15 is 0 Å². The highest BCUT2D eigenvalue weighted by molar-refractivity contribution is 5.92. The molecule has 18 heavy (non-hydrogen) atoms. The van der Waals surface area contributed by atoms with Crippen LogP contribution in [0, 0.1) is 5.92 Å². The highest BCUT2D eigenvalue weighted by Gasteiger charge is 2.27. The summed E-state index contributed by atoms with van der Waals surface area (Å²) in [6.45, 7) is 1.56. The van der Waals surface area contributed by atoms with E-state index < -0.39 is 0 Å². The second kappa shape index (κ2) is 5.74. The average Bonchev–Trinajstić information content (AvgIpc) is 2.87. The van der Waals surface area contributed by atoms with E-state index in [1.165, 1.54) is 12.4 Å². The zero-order chi connectivity index (χ0) is 13.0. The third kappa shape index (κ3) is 2.74. The largest absolute Gasteiger partial charge is 0.396 e. The van der Waals surface area contributed by atoms with Crippen LogP contribution in [-0.2, 0) is 0 Å². The van der Waals surface area contributed by atoms with Gasteiger partial charge in [0.1, 0.15) is 5.69 Å². The van der Waals surface area contributed by atoms with Gasteiger partial charge < -0.3 is 15.4 Å². The minimum Gasteiger partial charge on any atom is -0.396 e. The Morgan fingerprint density at radius 3 is 3.00 bits per heavy atom. The smallest absolute Gasteiger partial charge is 0.274 e. The van der Waals surface area contributed by atoms with Crippen molar-refractivity contribution in [2.75, 3.05) is 25.1 Å². The molecule has 1 unspecified atom stereocenters. The quantitative estimate of drug-likeness (QED) is 0.497.